The first kappa shape index (κ1) is 10.3. The number of nitrogens with zero attached hydrogens (tertiary/aromatic N) is 1. The summed E-state index contributed by atoms with van der Waals surface area (Å²) >= 11 is 0. The lowest BCUT2D eigenvalue weighted by Crippen LogP contribution is -2.46. The first-order chi connectivity index (χ1) is 7.09. The molecule has 1 heterocycles. The Balaban J connectivity index is 2.46. The van der Waals surface area contributed by atoms with Gasteiger partial charge in [0.1, 0.15) is 5.82 Å². The lowest BCUT2D eigenvalue weighted by Gasteiger charge is -2.40. The largest absolute Gasteiger partial charge is 0.381 e. The molecule has 0 saturated carbocycles. The van der Waals surface area contributed by atoms with Crippen molar-refractivity contribution in [3.8, 4) is 0 Å². The zero-order chi connectivity index (χ0) is 11.0. The van der Waals surface area contributed by atoms with Crippen LogP contribution in [-0.4, -0.2) is 18.6 Å². The Kier molecular flexibility index (Phi) is 2.55. The fraction of sp³-hybridized carbons (Fsp3) is 0.500. The van der Waals surface area contributed by atoms with Gasteiger partial charge in [-0.1, -0.05) is 0 Å². The van der Waals surface area contributed by atoms with Crippen LogP contribution in [0, 0.1) is 5.82 Å². The normalized spacial score (nSPS) is 20.1. The highest BCUT2D eigenvalue weighted by Crippen LogP contribution is 2.33. The predicted molar refractivity (Wildman–Crippen MR) is 62.0 cm³/mol. The third-order valence-electron chi connectivity index (χ3n) is 2.86. The second-order valence-electron chi connectivity index (χ2n) is 4.39. The highest BCUT2D eigenvalue weighted by Gasteiger charge is 2.24. The molecule has 3 heteroatoms. The Bertz CT molecular complexity index is 363. The van der Waals surface area contributed by atoms with Gasteiger partial charge in [0.05, 0.1) is 11.4 Å². The van der Waals surface area contributed by atoms with Crippen molar-refractivity contribution in [3.05, 3.63) is 24.0 Å². The molecule has 2 rings (SSSR count). The van der Waals surface area contributed by atoms with Gasteiger partial charge in [-0.05, 0) is 39.0 Å². The summed E-state index contributed by atoms with van der Waals surface area (Å²) in [6.45, 7) is 7.34. The van der Waals surface area contributed by atoms with Crippen molar-refractivity contribution in [1.82, 2.24) is 0 Å². The Morgan fingerprint density at radius 1 is 1.47 bits per heavy atom. The minimum absolute atomic E-state index is 0.171. The van der Waals surface area contributed by atoms with Gasteiger partial charge in [0, 0.05) is 18.6 Å². The number of halogens is 1. The van der Waals surface area contributed by atoms with Crippen molar-refractivity contribution >= 4 is 11.4 Å². The van der Waals surface area contributed by atoms with E-state index in [9.17, 15) is 4.39 Å². The van der Waals surface area contributed by atoms with Crippen LogP contribution in [0.2, 0.25) is 0 Å². The van der Waals surface area contributed by atoms with Gasteiger partial charge < -0.3 is 10.2 Å². The first-order valence-corrected chi connectivity index (χ1v) is 5.41. The molecule has 0 radical (unpaired) electrons. The summed E-state index contributed by atoms with van der Waals surface area (Å²) in [6.07, 6.45) is 0. The van der Waals surface area contributed by atoms with Gasteiger partial charge in [-0.15, -0.1) is 0 Å². The summed E-state index contributed by atoms with van der Waals surface area (Å²) in [5.74, 6) is -0.171. The lowest BCUT2D eigenvalue weighted by atomic mass is 10.1. The van der Waals surface area contributed by atoms with Crippen molar-refractivity contribution in [2.24, 2.45) is 0 Å². The fourth-order valence-corrected chi connectivity index (χ4v) is 2.25. The molecule has 0 amide bonds. The summed E-state index contributed by atoms with van der Waals surface area (Å²) in [7, 11) is 0. The van der Waals surface area contributed by atoms with E-state index in [0.29, 0.717) is 12.1 Å². The third-order valence-corrected chi connectivity index (χ3v) is 2.86. The average molecular weight is 208 g/mol. The molecule has 82 valence electrons. The minimum atomic E-state index is -0.171. The third kappa shape index (κ3) is 1.78. The fourth-order valence-electron chi connectivity index (χ4n) is 2.25. The molecule has 0 spiro atoms. The maximum atomic E-state index is 13.2. The van der Waals surface area contributed by atoms with E-state index in [1.807, 2.05) is 6.07 Å². The zero-order valence-electron chi connectivity index (χ0n) is 9.42. The molecule has 15 heavy (non-hydrogen) atoms. The van der Waals surface area contributed by atoms with Crippen molar-refractivity contribution in [3.63, 3.8) is 0 Å². The molecule has 1 N–H and O–H groups in total. The van der Waals surface area contributed by atoms with Crippen LogP contribution in [-0.2, 0) is 0 Å². The average Bonchev–Trinajstić information content (AvgIpc) is 2.16. The van der Waals surface area contributed by atoms with E-state index in [1.165, 1.54) is 6.07 Å². The molecule has 1 unspecified atom stereocenters. The van der Waals surface area contributed by atoms with Gasteiger partial charge in [0.25, 0.3) is 0 Å². The maximum absolute atomic E-state index is 13.2. The lowest BCUT2D eigenvalue weighted by molar-refractivity contribution is 0.573. The minimum Gasteiger partial charge on any atom is -0.381 e. The standard InChI is InChI=1S/C12H17FN2/c1-8(2)15-9(3)7-14-11-5-4-10(13)6-12(11)15/h4-6,8-9,14H,7H2,1-3H3. The Morgan fingerprint density at radius 2 is 2.20 bits per heavy atom. The van der Waals surface area contributed by atoms with Crippen LogP contribution >= 0.6 is 0 Å². The van der Waals surface area contributed by atoms with Crippen LogP contribution in [0.5, 0.6) is 0 Å². The van der Waals surface area contributed by atoms with Crippen LogP contribution in [0.15, 0.2) is 18.2 Å². The van der Waals surface area contributed by atoms with Gasteiger partial charge in [-0.3, -0.25) is 0 Å². The number of fused-ring (bicyclic) bond motifs is 1. The maximum Gasteiger partial charge on any atom is 0.125 e. The topological polar surface area (TPSA) is 15.3 Å². The first-order valence-electron chi connectivity index (χ1n) is 5.41. The van der Waals surface area contributed by atoms with Crippen LogP contribution in [0.3, 0.4) is 0 Å². The van der Waals surface area contributed by atoms with Crippen LogP contribution in [0.4, 0.5) is 15.8 Å². The number of rotatable bonds is 1. The molecule has 1 aromatic rings. The van der Waals surface area contributed by atoms with Gasteiger partial charge >= 0.3 is 0 Å². The van der Waals surface area contributed by atoms with E-state index in [1.54, 1.807) is 6.07 Å². The van der Waals surface area contributed by atoms with E-state index in [2.05, 4.69) is 31.0 Å². The Morgan fingerprint density at radius 3 is 2.87 bits per heavy atom. The SMILES string of the molecule is CC(C)N1c2cc(F)ccc2NCC1C. The summed E-state index contributed by atoms with van der Waals surface area (Å²) in [4.78, 5) is 2.26. The summed E-state index contributed by atoms with van der Waals surface area (Å²) in [5.41, 5.74) is 2.01. The molecule has 2 nitrogen and oxygen atoms in total. The van der Waals surface area contributed by atoms with Gasteiger partial charge in [0.15, 0.2) is 0 Å². The predicted octanol–water partition coefficient (Wildman–Crippen LogP) is 2.85. The molecule has 1 atom stereocenters. The van der Waals surface area contributed by atoms with Gasteiger partial charge in [-0.25, -0.2) is 4.39 Å². The molecule has 0 aromatic heterocycles. The molecule has 1 aliphatic rings. The van der Waals surface area contributed by atoms with Crippen LogP contribution < -0.4 is 10.2 Å². The van der Waals surface area contributed by atoms with E-state index in [4.69, 9.17) is 0 Å². The van der Waals surface area contributed by atoms with E-state index in [-0.39, 0.29) is 5.82 Å². The Labute approximate surface area is 90.1 Å². The van der Waals surface area contributed by atoms with E-state index < -0.39 is 0 Å². The van der Waals surface area contributed by atoms with Crippen molar-refractivity contribution in [2.75, 3.05) is 16.8 Å². The molecule has 1 aliphatic heterocycles. The quantitative estimate of drug-likeness (QED) is 0.763. The highest BCUT2D eigenvalue weighted by molar-refractivity contribution is 5.73. The second kappa shape index (κ2) is 3.72. The molecule has 0 fully saturated rings. The summed E-state index contributed by atoms with van der Waals surface area (Å²) in [6, 6.07) is 5.71. The van der Waals surface area contributed by atoms with Gasteiger partial charge in [-0.2, -0.15) is 0 Å². The number of anilines is 2. The van der Waals surface area contributed by atoms with Gasteiger partial charge in [0.2, 0.25) is 0 Å². The highest BCUT2D eigenvalue weighted by atomic mass is 19.1. The number of benzene rings is 1. The molecule has 1 aromatic carbocycles. The molecule has 0 bridgehead atoms. The smallest absolute Gasteiger partial charge is 0.125 e. The van der Waals surface area contributed by atoms with Crippen molar-refractivity contribution < 1.29 is 4.39 Å². The molecule has 0 aliphatic carbocycles. The number of hydrogen-bond donors (Lipinski definition) is 1. The van der Waals surface area contributed by atoms with Crippen LogP contribution in [0.25, 0.3) is 0 Å². The summed E-state index contributed by atoms with van der Waals surface area (Å²) in [5, 5.41) is 3.32. The number of nitrogens with one attached hydrogen (secondary N) is 1. The molecular formula is C12H17FN2. The molecular weight excluding hydrogens is 191 g/mol. The zero-order valence-corrected chi connectivity index (χ0v) is 9.42. The van der Waals surface area contributed by atoms with Crippen LogP contribution in [0.1, 0.15) is 20.8 Å². The van der Waals surface area contributed by atoms with Crippen molar-refractivity contribution in [1.29, 1.82) is 0 Å². The van der Waals surface area contributed by atoms with E-state index >= 15 is 0 Å². The van der Waals surface area contributed by atoms with E-state index in [0.717, 1.165) is 17.9 Å². The number of hydrogen-bond acceptors (Lipinski definition) is 2. The Hall–Kier alpha value is -1.25. The van der Waals surface area contributed by atoms with Crippen molar-refractivity contribution in [2.45, 2.75) is 32.9 Å². The second-order valence-corrected chi connectivity index (χ2v) is 4.39. The summed E-state index contributed by atoms with van der Waals surface area (Å²) < 4.78 is 13.2. The monoisotopic (exact) mass is 208 g/mol. The molecule has 0 saturated heterocycles.